The van der Waals surface area contributed by atoms with Crippen molar-refractivity contribution in [1.82, 2.24) is 0 Å². The minimum absolute atomic E-state index is 0.162. The fourth-order valence-corrected chi connectivity index (χ4v) is 3.03. The number of primary amides is 1. The first-order valence-corrected chi connectivity index (χ1v) is 9.99. The number of aliphatic hydroxyl groups excluding tert-OH is 3. The van der Waals surface area contributed by atoms with E-state index in [9.17, 15) is 24.9 Å². The molecule has 8 nitrogen and oxygen atoms in total. The minimum atomic E-state index is -0.771. The lowest BCUT2D eigenvalue weighted by atomic mass is 10.0. The zero-order chi connectivity index (χ0) is 24.4. The Labute approximate surface area is 191 Å². The van der Waals surface area contributed by atoms with E-state index in [1.54, 1.807) is 42.5 Å². The Bertz CT molecular complexity index is 1100. The van der Waals surface area contributed by atoms with Crippen LogP contribution in [0.2, 0.25) is 0 Å². The van der Waals surface area contributed by atoms with Gasteiger partial charge in [0, 0.05) is 0 Å². The molecular weight excluding hydrogens is 426 g/mol. The molecular formula is C25H27NO7. The second kappa shape index (κ2) is 12.2. The molecule has 0 unspecified atom stereocenters. The van der Waals surface area contributed by atoms with Crippen molar-refractivity contribution in [2.45, 2.75) is 19.6 Å². The summed E-state index contributed by atoms with van der Waals surface area (Å²) in [6.45, 7) is -0.481. The van der Waals surface area contributed by atoms with Crippen LogP contribution in [-0.4, -0.2) is 41.2 Å². The Morgan fingerprint density at radius 1 is 0.879 bits per heavy atom. The predicted molar refractivity (Wildman–Crippen MR) is 124 cm³/mol. The summed E-state index contributed by atoms with van der Waals surface area (Å²) >= 11 is 0. The maximum absolute atomic E-state index is 12.7. The molecule has 0 aliphatic rings. The first-order chi connectivity index (χ1) is 15.8. The van der Waals surface area contributed by atoms with Gasteiger partial charge < -0.3 is 30.5 Å². The molecule has 0 aliphatic carbocycles. The van der Waals surface area contributed by atoms with E-state index in [0.717, 1.165) is 0 Å². The number of ketones is 1. The molecule has 0 fully saturated rings. The largest absolute Gasteiger partial charge is 0.508 e. The van der Waals surface area contributed by atoms with Gasteiger partial charge in [-0.1, -0.05) is 30.4 Å². The first-order valence-electron chi connectivity index (χ1n) is 9.99. The number of methoxy groups -OCH3 is 2. The summed E-state index contributed by atoms with van der Waals surface area (Å²) in [6, 6.07) is 10.0. The van der Waals surface area contributed by atoms with E-state index in [1.165, 1.54) is 32.4 Å². The number of benzene rings is 2. The van der Waals surface area contributed by atoms with E-state index in [-0.39, 0.29) is 18.8 Å². The van der Waals surface area contributed by atoms with Crippen LogP contribution in [0, 0.1) is 0 Å². The summed E-state index contributed by atoms with van der Waals surface area (Å²) in [5.74, 6) is -0.730. The third-order valence-corrected chi connectivity index (χ3v) is 4.80. The number of ether oxygens (including phenoxy) is 2. The van der Waals surface area contributed by atoms with E-state index < -0.39 is 23.9 Å². The molecule has 1 amide bonds. The lowest BCUT2D eigenvalue weighted by molar-refractivity contribution is -0.119. The number of nitrogens with two attached hydrogens (primary N) is 1. The Hall–Kier alpha value is -3.88. The topological polar surface area (TPSA) is 139 Å². The van der Waals surface area contributed by atoms with Crippen LogP contribution in [0.15, 0.2) is 59.9 Å². The van der Waals surface area contributed by atoms with Crippen LogP contribution >= 0.6 is 0 Å². The molecule has 0 aromatic heterocycles. The molecule has 8 heteroatoms. The summed E-state index contributed by atoms with van der Waals surface area (Å²) in [6.07, 6.45) is 5.08. The monoisotopic (exact) mass is 453 g/mol. The van der Waals surface area contributed by atoms with Crippen molar-refractivity contribution < 1.29 is 34.4 Å². The summed E-state index contributed by atoms with van der Waals surface area (Å²) in [5, 5.41) is 29.2. The second-order valence-electron chi connectivity index (χ2n) is 7.00. The molecule has 5 N–H and O–H groups in total. The molecule has 0 saturated carbocycles. The number of allylic oxidation sites excluding steroid dienone is 2. The molecule has 2 aromatic rings. The molecule has 174 valence electrons. The normalized spacial score (nSPS) is 12.1. The summed E-state index contributed by atoms with van der Waals surface area (Å²) in [5.41, 5.74) is 7.47. The molecule has 0 saturated heterocycles. The molecule has 0 aliphatic heterocycles. The van der Waals surface area contributed by atoms with Crippen molar-refractivity contribution in [1.29, 1.82) is 0 Å². The lowest BCUT2D eigenvalue weighted by Gasteiger charge is -2.08. The second-order valence-corrected chi connectivity index (χ2v) is 7.00. The smallest absolute Gasteiger partial charge is 0.222 e. The standard InChI is InChI=1S/C25H27NO7/c1-32-23-10-6-17(12-24(23)33-2)5-9-22(30)20(13-25(26)31)21(29)8-4-16-3-7-18(14-27)19(11-16)15-28/h3-12,27-28,30H,13-15H2,1-2H3,(H2,26,31)/b8-4+,9-5+,22-20-. The molecule has 0 heterocycles. The van der Waals surface area contributed by atoms with E-state index in [2.05, 4.69) is 0 Å². The van der Waals surface area contributed by atoms with Crippen molar-refractivity contribution in [2.24, 2.45) is 5.73 Å². The molecule has 33 heavy (non-hydrogen) atoms. The quantitative estimate of drug-likeness (QED) is 0.233. The van der Waals surface area contributed by atoms with E-state index >= 15 is 0 Å². The van der Waals surface area contributed by atoms with Gasteiger partial charge >= 0.3 is 0 Å². The SMILES string of the molecule is COc1ccc(/C=C/C(O)=C(\CC(N)=O)C(=O)/C=C/c2ccc(CO)c(CO)c2)cc1OC. The van der Waals surface area contributed by atoms with Gasteiger partial charge in [-0.05, 0) is 52.6 Å². The van der Waals surface area contributed by atoms with E-state index in [4.69, 9.17) is 15.2 Å². The number of aliphatic hydroxyl groups is 3. The van der Waals surface area contributed by atoms with Crippen LogP contribution in [0.1, 0.15) is 28.7 Å². The average Bonchev–Trinajstić information content (AvgIpc) is 2.83. The van der Waals surface area contributed by atoms with Crippen molar-refractivity contribution >= 4 is 23.8 Å². The van der Waals surface area contributed by atoms with Gasteiger partial charge in [-0.3, -0.25) is 9.59 Å². The highest BCUT2D eigenvalue weighted by atomic mass is 16.5. The van der Waals surface area contributed by atoms with Gasteiger partial charge in [-0.25, -0.2) is 0 Å². The molecule has 0 bridgehead atoms. The lowest BCUT2D eigenvalue weighted by Crippen LogP contribution is -2.15. The van der Waals surface area contributed by atoms with Crippen LogP contribution in [0.4, 0.5) is 0 Å². The highest BCUT2D eigenvalue weighted by molar-refractivity contribution is 6.09. The Balaban J connectivity index is 2.31. The van der Waals surface area contributed by atoms with Crippen molar-refractivity contribution in [3.8, 4) is 11.5 Å². The number of carbonyl (C=O) groups is 2. The molecule has 0 spiro atoms. The predicted octanol–water partition coefficient (Wildman–Crippen LogP) is 2.67. The van der Waals surface area contributed by atoms with Crippen molar-refractivity contribution in [2.75, 3.05) is 14.2 Å². The molecule has 2 rings (SSSR count). The minimum Gasteiger partial charge on any atom is -0.508 e. The van der Waals surface area contributed by atoms with Gasteiger partial charge in [0.15, 0.2) is 17.3 Å². The Morgan fingerprint density at radius 2 is 1.48 bits per heavy atom. The van der Waals surface area contributed by atoms with Gasteiger partial charge in [0.2, 0.25) is 5.91 Å². The van der Waals surface area contributed by atoms with E-state index in [0.29, 0.717) is 33.8 Å². The van der Waals surface area contributed by atoms with Gasteiger partial charge in [0.1, 0.15) is 5.76 Å². The fraction of sp³-hybridized carbons (Fsp3) is 0.200. The van der Waals surface area contributed by atoms with E-state index in [1.807, 2.05) is 0 Å². The average molecular weight is 453 g/mol. The maximum Gasteiger partial charge on any atom is 0.222 e. The fourth-order valence-electron chi connectivity index (χ4n) is 3.03. The third kappa shape index (κ3) is 7.06. The van der Waals surface area contributed by atoms with Crippen molar-refractivity contribution in [3.05, 3.63) is 82.1 Å². The van der Waals surface area contributed by atoms with Gasteiger partial charge in [0.05, 0.1) is 39.4 Å². The first kappa shape index (κ1) is 25.4. The number of rotatable bonds is 11. The highest BCUT2D eigenvalue weighted by Crippen LogP contribution is 2.28. The van der Waals surface area contributed by atoms with Gasteiger partial charge in [0.25, 0.3) is 0 Å². The summed E-state index contributed by atoms with van der Waals surface area (Å²) < 4.78 is 10.4. The van der Waals surface area contributed by atoms with Crippen LogP contribution < -0.4 is 15.2 Å². The Morgan fingerprint density at radius 3 is 2.09 bits per heavy atom. The zero-order valence-corrected chi connectivity index (χ0v) is 18.4. The van der Waals surface area contributed by atoms with Gasteiger partial charge in [-0.15, -0.1) is 0 Å². The third-order valence-electron chi connectivity index (χ3n) is 4.80. The summed E-state index contributed by atoms with van der Waals surface area (Å²) in [7, 11) is 3.02. The Kier molecular flexibility index (Phi) is 9.41. The van der Waals surface area contributed by atoms with Crippen LogP contribution in [0.5, 0.6) is 11.5 Å². The molecule has 0 radical (unpaired) electrons. The van der Waals surface area contributed by atoms with Crippen LogP contribution in [-0.2, 0) is 22.8 Å². The summed E-state index contributed by atoms with van der Waals surface area (Å²) in [4.78, 5) is 24.2. The number of hydrogen-bond acceptors (Lipinski definition) is 7. The van der Waals surface area contributed by atoms with Crippen LogP contribution in [0.25, 0.3) is 12.2 Å². The zero-order valence-electron chi connectivity index (χ0n) is 18.4. The number of carbonyl (C=O) groups excluding carboxylic acids is 2. The van der Waals surface area contributed by atoms with Crippen molar-refractivity contribution in [3.63, 3.8) is 0 Å². The number of amides is 1. The molecule has 2 aromatic carbocycles. The van der Waals surface area contributed by atoms with Gasteiger partial charge in [-0.2, -0.15) is 0 Å². The highest BCUT2D eigenvalue weighted by Gasteiger charge is 2.15. The van der Waals surface area contributed by atoms with Crippen LogP contribution in [0.3, 0.4) is 0 Å². The maximum atomic E-state index is 12.7. The molecule has 0 atom stereocenters. The number of hydrogen-bond donors (Lipinski definition) is 4.